The standard InChI is InChI=1S/C12H19N3O5S/c1-4-9-5-10(15(3)14-9)6-21(19,20)7-11(12(17)18)13-8(2)16/h5,11H,4,6-7H2,1-3H3,(H,13,16)(H,17,18). The Bertz CT molecular complexity index is 635. The van der Waals surface area contributed by atoms with Gasteiger partial charge in [0.15, 0.2) is 9.84 Å². The number of carbonyl (C=O) groups excluding carboxylic acids is 1. The van der Waals surface area contributed by atoms with Gasteiger partial charge in [-0.25, -0.2) is 13.2 Å². The lowest BCUT2D eigenvalue weighted by Gasteiger charge is -2.13. The SMILES string of the molecule is CCc1cc(CS(=O)(=O)CC(NC(C)=O)C(=O)O)n(C)n1. The summed E-state index contributed by atoms with van der Waals surface area (Å²) in [6.45, 7) is 3.04. The molecule has 1 amide bonds. The molecule has 118 valence electrons. The van der Waals surface area contributed by atoms with Crippen LogP contribution in [0.3, 0.4) is 0 Å². The van der Waals surface area contributed by atoms with Crippen molar-refractivity contribution in [2.24, 2.45) is 7.05 Å². The Balaban J connectivity index is 2.87. The van der Waals surface area contributed by atoms with Crippen molar-refractivity contribution in [1.29, 1.82) is 0 Å². The minimum absolute atomic E-state index is 0.320. The molecule has 1 aromatic rings. The van der Waals surface area contributed by atoms with Gasteiger partial charge in [-0.2, -0.15) is 5.10 Å². The van der Waals surface area contributed by atoms with Crippen molar-refractivity contribution in [3.8, 4) is 0 Å². The Kier molecular flexibility index (Phi) is 5.47. The van der Waals surface area contributed by atoms with Crippen LogP contribution in [0.1, 0.15) is 25.2 Å². The third-order valence-electron chi connectivity index (χ3n) is 2.85. The third kappa shape index (κ3) is 5.18. The van der Waals surface area contributed by atoms with E-state index in [1.807, 2.05) is 6.92 Å². The van der Waals surface area contributed by atoms with Crippen LogP contribution < -0.4 is 5.32 Å². The van der Waals surface area contributed by atoms with E-state index in [2.05, 4.69) is 10.4 Å². The number of carboxylic acids is 1. The molecular weight excluding hydrogens is 298 g/mol. The molecule has 0 bridgehead atoms. The lowest BCUT2D eigenvalue weighted by molar-refractivity contribution is -0.140. The maximum Gasteiger partial charge on any atom is 0.327 e. The van der Waals surface area contributed by atoms with Crippen LogP contribution >= 0.6 is 0 Å². The number of aryl methyl sites for hydroxylation is 2. The summed E-state index contributed by atoms with van der Waals surface area (Å²) in [5.41, 5.74) is 1.25. The maximum atomic E-state index is 12.1. The second-order valence-electron chi connectivity index (χ2n) is 4.75. The van der Waals surface area contributed by atoms with Crippen LogP contribution in [0, 0.1) is 0 Å². The predicted molar refractivity (Wildman–Crippen MR) is 75.3 cm³/mol. The fraction of sp³-hybridized carbons (Fsp3) is 0.583. The first-order valence-corrected chi connectivity index (χ1v) is 8.19. The Morgan fingerprint density at radius 1 is 1.48 bits per heavy atom. The molecule has 1 aromatic heterocycles. The molecule has 1 atom stereocenters. The molecule has 0 saturated carbocycles. The highest BCUT2D eigenvalue weighted by Crippen LogP contribution is 2.10. The summed E-state index contributed by atoms with van der Waals surface area (Å²) >= 11 is 0. The quantitative estimate of drug-likeness (QED) is 0.699. The molecule has 8 nitrogen and oxygen atoms in total. The summed E-state index contributed by atoms with van der Waals surface area (Å²) in [5.74, 6) is -2.95. The Hall–Kier alpha value is -1.90. The van der Waals surface area contributed by atoms with Gasteiger partial charge in [-0.3, -0.25) is 9.48 Å². The highest BCUT2D eigenvalue weighted by atomic mass is 32.2. The molecule has 21 heavy (non-hydrogen) atoms. The van der Waals surface area contributed by atoms with Crippen molar-refractivity contribution in [3.05, 3.63) is 17.5 Å². The average molecular weight is 317 g/mol. The largest absolute Gasteiger partial charge is 0.480 e. The van der Waals surface area contributed by atoms with Gasteiger partial charge in [0.1, 0.15) is 6.04 Å². The van der Waals surface area contributed by atoms with Gasteiger partial charge in [0.25, 0.3) is 0 Å². The van der Waals surface area contributed by atoms with Crippen LogP contribution in [-0.2, 0) is 38.6 Å². The minimum Gasteiger partial charge on any atom is -0.480 e. The van der Waals surface area contributed by atoms with Crippen LogP contribution in [0.25, 0.3) is 0 Å². The van der Waals surface area contributed by atoms with Crippen molar-refractivity contribution >= 4 is 21.7 Å². The molecular formula is C12H19N3O5S. The monoisotopic (exact) mass is 317 g/mol. The van der Waals surface area contributed by atoms with Gasteiger partial charge in [-0.05, 0) is 12.5 Å². The van der Waals surface area contributed by atoms with Gasteiger partial charge in [0.05, 0.1) is 22.9 Å². The normalized spacial score (nSPS) is 12.9. The predicted octanol–water partition coefficient (Wildman–Crippen LogP) is -0.513. The number of carboxylic acid groups (broad SMARTS) is 1. The van der Waals surface area contributed by atoms with Crippen molar-refractivity contribution in [2.45, 2.75) is 32.1 Å². The Morgan fingerprint density at radius 2 is 2.10 bits per heavy atom. The van der Waals surface area contributed by atoms with E-state index in [0.29, 0.717) is 12.1 Å². The molecule has 0 fully saturated rings. The lowest BCUT2D eigenvalue weighted by Crippen LogP contribution is -2.44. The van der Waals surface area contributed by atoms with E-state index in [0.717, 1.165) is 12.6 Å². The highest BCUT2D eigenvalue weighted by Gasteiger charge is 2.27. The number of nitrogens with one attached hydrogen (secondary N) is 1. The van der Waals surface area contributed by atoms with Crippen LogP contribution in [0.15, 0.2) is 6.07 Å². The van der Waals surface area contributed by atoms with E-state index in [1.54, 1.807) is 13.1 Å². The number of hydrogen-bond acceptors (Lipinski definition) is 5. The zero-order valence-corrected chi connectivity index (χ0v) is 13.0. The first-order chi connectivity index (χ1) is 9.64. The number of sulfone groups is 1. The Morgan fingerprint density at radius 3 is 2.52 bits per heavy atom. The summed E-state index contributed by atoms with van der Waals surface area (Å²) in [6, 6.07) is 0.220. The molecule has 1 unspecified atom stereocenters. The van der Waals surface area contributed by atoms with Gasteiger partial charge >= 0.3 is 5.97 Å². The van der Waals surface area contributed by atoms with Gasteiger partial charge in [-0.15, -0.1) is 0 Å². The number of rotatable bonds is 7. The molecule has 0 aromatic carbocycles. The molecule has 0 aliphatic rings. The van der Waals surface area contributed by atoms with Crippen molar-refractivity contribution in [2.75, 3.05) is 5.75 Å². The number of carbonyl (C=O) groups is 2. The fourth-order valence-electron chi connectivity index (χ4n) is 1.84. The first kappa shape index (κ1) is 17.2. The van der Waals surface area contributed by atoms with Gasteiger partial charge in [0.2, 0.25) is 5.91 Å². The van der Waals surface area contributed by atoms with E-state index >= 15 is 0 Å². The summed E-state index contributed by atoms with van der Waals surface area (Å²) in [5, 5.41) is 15.2. The zero-order chi connectivity index (χ0) is 16.2. The van der Waals surface area contributed by atoms with Crippen LogP contribution in [0.4, 0.5) is 0 Å². The molecule has 0 aliphatic carbocycles. The molecule has 9 heteroatoms. The number of amides is 1. The van der Waals surface area contributed by atoms with Gasteiger partial charge < -0.3 is 10.4 Å². The van der Waals surface area contributed by atoms with Crippen molar-refractivity contribution in [3.63, 3.8) is 0 Å². The highest BCUT2D eigenvalue weighted by molar-refractivity contribution is 7.90. The summed E-state index contributed by atoms with van der Waals surface area (Å²) < 4.78 is 25.6. The number of aliphatic carboxylic acids is 1. The second-order valence-corrected chi connectivity index (χ2v) is 6.86. The van der Waals surface area contributed by atoms with E-state index < -0.39 is 33.5 Å². The number of nitrogens with zero attached hydrogens (tertiary/aromatic N) is 2. The molecule has 0 aliphatic heterocycles. The molecule has 1 heterocycles. The fourth-order valence-corrected chi connectivity index (χ4v) is 3.41. The summed E-state index contributed by atoms with van der Waals surface area (Å²) in [6.07, 6.45) is 0.678. The van der Waals surface area contributed by atoms with Gasteiger partial charge in [0, 0.05) is 14.0 Å². The number of aromatic nitrogens is 2. The molecule has 2 N–H and O–H groups in total. The lowest BCUT2D eigenvalue weighted by atomic mass is 10.3. The van der Waals surface area contributed by atoms with Crippen molar-refractivity contribution in [1.82, 2.24) is 15.1 Å². The first-order valence-electron chi connectivity index (χ1n) is 6.36. The topological polar surface area (TPSA) is 118 Å². The maximum absolute atomic E-state index is 12.1. The zero-order valence-electron chi connectivity index (χ0n) is 12.2. The van der Waals surface area contributed by atoms with Gasteiger partial charge in [-0.1, -0.05) is 6.92 Å². The van der Waals surface area contributed by atoms with Crippen LogP contribution in [0.2, 0.25) is 0 Å². The van der Waals surface area contributed by atoms with E-state index in [4.69, 9.17) is 5.11 Å². The third-order valence-corrected chi connectivity index (χ3v) is 4.43. The van der Waals surface area contributed by atoms with E-state index in [1.165, 1.54) is 4.68 Å². The second kappa shape index (κ2) is 6.70. The molecule has 0 radical (unpaired) electrons. The average Bonchev–Trinajstić information content (AvgIpc) is 2.67. The molecule has 1 rings (SSSR count). The molecule has 0 saturated heterocycles. The van der Waals surface area contributed by atoms with E-state index in [-0.39, 0.29) is 5.75 Å². The van der Waals surface area contributed by atoms with Crippen LogP contribution in [0.5, 0.6) is 0 Å². The molecule has 0 spiro atoms. The summed E-state index contributed by atoms with van der Waals surface area (Å²) in [4.78, 5) is 21.9. The number of hydrogen-bond donors (Lipinski definition) is 2. The van der Waals surface area contributed by atoms with E-state index in [9.17, 15) is 18.0 Å². The summed E-state index contributed by atoms with van der Waals surface area (Å²) in [7, 11) is -2.07. The van der Waals surface area contributed by atoms with Crippen LogP contribution in [-0.4, -0.2) is 47.0 Å². The van der Waals surface area contributed by atoms with Crippen molar-refractivity contribution < 1.29 is 23.1 Å². The smallest absolute Gasteiger partial charge is 0.327 e. The Labute approximate surface area is 123 Å². The minimum atomic E-state index is -3.70.